The van der Waals surface area contributed by atoms with E-state index >= 15 is 0 Å². The topological polar surface area (TPSA) is 72.2 Å². The van der Waals surface area contributed by atoms with Gasteiger partial charge in [-0.15, -0.1) is 11.3 Å². The minimum absolute atomic E-state index is 0.290. The second-order valence-corrected chi connectivity index (χ2v) is 7.40. The van der Waals surface area contributed by atoms with Crippen LogP contribution in [0.25, 0.3) is 0 Å². The van der Waals surface area contributed by atoms with Crippen LogP contribution in [0.4, 0.5) is 11.4 Å². The van der Waals surface area contributed by atoms with E-state index in [9.17, 15) is 8.42 Å². The average molecular weight is 317 g/mol. The van der Waals surface area contributed by atoms with Gasteiger partial charge in [-0.1, -0.05) is 18.5 Å². The number of benzene rings is 1. The number of hydrogen-bond donors (Lipinski definition) is 2. The largest absolute Gasteiger partial charge is 0.397 e. The Hall–Kier alpha value is -1.24. The van der Waals surface area contributed by atoms with Gasteiger partial charge in [0, 0.05) is 4.88 Å². The monoisotopic (exact) mass is 316 g/mol. The number of thiophene rings is 1. The second kappa shape index (κ2) is 5.40. The number of nitrogen functional groups attached to an aromatic ring is 1. The molecule has 0 aliphatic rings. The van der Waals surface area contributed by atoms with Crippen molar-refractivity contribution in [2.75, 3.05) is 10.5 Å². The molecule has 7 heteroatoms. The van der Waals surface area contributed by atoms with Gasteiger partial charge in [0.2, 0.25) is 0 Å². The van der Waals surface area contributed by atoms with Crippen LogP contribution >= 0.6 is 22.9 Å². The Balaban J connectivity index is 2.28. The Kier molecular flexibility index (Phi) is 4.03. The zero-order valence-corrected chi connectivity index (χ0v) is 12.6. The van der Waals surface area contributed by atoms with Crippen LogP contribution in [0.1, 0.15) is 11.8 Å². The highest BCUT2D eigenvalue weighted by molar-refractivity contribution is 7.94. The Morgan fingerprint density at radius 2 is 2.05 bits per heavy atom. The van der Waals surface area contributed by atoms with E-state index in [1.807, 2.05) is 13.0 Å². The summed E-state index contributed by atoms with van der Waals surface area (Å²) in [6.07, 6.45) is 0.814. The Morgan fingerprint density at radius 1 is 1.32 bits per heavy atom. The van der Waals surface area contributed by atoms with Crippen LogP contribution in [0.15, 0.2) is 34.5 Å². The van der Waals surface area contributed by atoms with Crippen LogP contribution < -0.4 is 10.5 Å². The van der Waals surface area contributed by atoms with E-state index in [1.165, 1.54) is 17.4 Å². The van der Waals surface area contributed by atoms with Crippen LogP contribution in [-0.4, -0.2) is 8.42 Å². The van der Waals surface area contributed by atoms with Gasteiger partial charge in [0.15, 0.2) is 0 Å². The molecule has 19 heavy (non-hydrogen) atoms. The highest BCUT2D eigenvalue weighted by atomic mass is 35.5. The van der Waals surface area contributed by atoms with E-state index in [1.54, 1.807) is 18.2 Å². The fourth-order valence-corrected chi connectivity index (χ4v) is 3.97. The lowest BCUT2D eigenvalue weighted by Crippen LogP contribution is -2.11. The summed E-state index contributed by atoms with van der Waals surface area (Å²) in [7, 11) is -3.56. The van der Waals surface area contributed by atoms with Crippen molar-refractivity contribution >= 4 is 44.3 Å². The van der Waals surface area contributed by atoms with Crippen molar-refractivity contribution < 1.29 is 8.42 Å². The average Bonchev–Trinajstić information content (AvgIpc) is 2.83. The van der Waals surface area contributed by atoms with E-state index in [0.717, 1.165) is 11.3 Å². The third-order valence-electron chi connectivity index (χ3n) is 2.50. The fraction of sp³-hybridized carbons (Fsp3) is 0.167. The first-order valence-corrected chi connectivity index (χ1v) is 8.26. The lowest BCUT2D eigenvalue weighted by atomic mass is 10.3. The zero-order chi connectivity index (χ0) is 14.0. The Bertz CT molecular complexity index is 696. The maximum atomic E-state index is 12.2. The third kappa shape index (κ3) is 3.20. The summed E-state index contributed by atoms with van der Waals surface area (Å²) in [6, 6.07) is 8.04. The van der Waals surface area contributed by atoms with Crippen molar-refractivity contribution in [3.63, 3.8) is 0 Å². The molecule has 0 aliphatic heterocycles. The summed E-state index contributed by atoms with van der Waals surface area (Å²) in [5.74, 6) is 0. The normalized spacial score (nSPS) is 11.5. The number of hydrogen-bond acceptors (Lipinski definition) is 4. The van der Waals surface area contributed by atoms with E-state index in [2.05, 4.69) is 4.72 Å². The van der Waals surface area contributed by atoms with Crippen molar-refractivity contribution in [2.45, 2.75) is 17.6 Å². The van der Waals surface area contributed by atoms with Gasteiger partial charge in [-0.25, -0.2) is 8.42 Å². The van der Waals surface area contributed by atoms with Crippen LogP contribution in [-0.2, 0) is 16.4 Å². The predicted octanol–water partition coefficient (Wildman–Crippen LogP) is 3.35. The number of aryl methyl sites for hydroxylation is 1. The van der Waals surface area contributed by atoms with Crippen LogP contribution in [0.5, 0.6) is 0 Å². The SMILES string of the molecule is CCc1ccc(S(=O)(=O)Nc2ccc(Cl)c(N)c2)s1. The summed E-state index contributed by atoms with van der Waals surface area (Å²) in [4.78, 5) is 1.02. The molecule has 102 valence electrons. The first-order valence-electron chi connectivity index (χ1n) is 5.59. The first-order chi connectivity index (χ1) is 8.92. The molecule has 0 fully saturated rings. The lowest BCUT2D eigenvalue weighted by Gasteiger charge is -2.07. The number of nitrogens with one attached hydrogen (secondary N) is 1. The molecule has 1 aromatic heterocycles. The molecule has 0 atom stereocenters. The van der Waals surface area contributed by atoms with Gasteiger partial charge >= 0.3 is 0 Å². The fourth-order valence-electron chi connectivity index (χ4n) is 1.51. The molecule has 0 radical (unpaired) electrons. The van der Waals surface area contributed by atoms with Gasteiger partial charge in [0.05, 0.1) is 16.4 Å². The maximum absolute atomic E-state index is 12.2. The van der Waals surface area contributed by atoms with Gasteiger partial charge < -0.3 is 5.73 Å². The highest BCUT2D eigenvalue weighted by Gasteiger charge is 2.17. The molecule has 3 N–H and O–H groups in total. The number of rotatable bonds is 4. The number of halogens is 1. The molecule has 1 aromatic carbocycles. The highest BCUT2D eigenvalue weighted by Crippen LogP contribution is 2.27. The minimum Gasteiger partial charge on any atom is -0.397 e. The number of anilines is 2. The Morgan fingerprint density at radius 3 is 2.63 bits per heavy atom. The lowest BCUT2D eigenvalue weighted by molar-refractivity contribution is 0.603. The van der Waals surface area contributed by atoms with Gasteiger partial charge in [0.1, 0.15) is 4.21 Å². The van der Waals surface area contributed by atoms with E-state index < -0.39 is 10.0 Å². The van der Waals surface area contributed by atoms with E-state index in [4.69, 9.17) is 17.3 Å². The van der Waals surface area contributed by atoms with Crippen LogP contribution in [0.2, 0.25) is 5.02 Å². The molecular weight excluding hydrogens is 304 g/mol. The number of nitrogens with two attached hydrogens (primary N) is 1. The molecule has 2 rings (SSSR count). The molecule has 0 bridgehead atoms. The van der Waals surface area contributed by atoms with Gasteiger partial charge in [-0.2, -0.15) is 0 Å². The molecule has 0 spiro atoms. The summed E-state index contributed by atoms with van der Waals surface area (Å²) < 4.78 is 27.1. The first kappa shape index (κ1) is 14.2. The smallest absolute Gasteiger partial charge is 0.271 e. The molecule has 0 aliphatic carbocycles. The van der Waals surface area contributed by atoms with E-state index in [-0.39, 0.29) is 4.21 Å². The molecular formula is C12H13ClN2O2S2. The third-order valence-corrected chi connectivity index (χ3v) is 5.95. The van der Waals surface area contributed by atoms with Gasteiger partial charge in [-0.3, -0.25) is 4.72 Å². The quantitative estimate of drug-likeness (QED) is 0.850. The van der Waals surface area contributed by atoms with Crippen LogP contribution in [0.3, 0.4) is 0 Å². The molecule has 1 heterocycles. The van der Waals surface area contributed by atoms with Crippen molar-refractivity contribution in [1.82, 2.24) is 0 Å². The molecule has 0 saturated carbocycles. The summed E-state index contributed by atoms with van der Waals surface area (Å²) >= 11 is 7.05. The summed E-state index contributed by atoms with van der Waals surface area (Å²) in [5.41, 5.74) is 6.37. The molecule has 0 saturated heterocycles. The van der Waals surface area contributed by atoms with Crippen molar-refractivity contribution in [3.05, 3.63) is 40.2 Å². The zero-order valence-electron chi connectivity index (χ0n) is 10.2. The second-order valence-electron chi connectivity index (χ2n) is 3.92. The van der Waals surface area contributed by atoms with Crippen molar-refractivity contribution in [3.8, 4) is 0 Å². The summed E-state index contributed by atoms with van der Waals surface area (Å²) in [5, 5.41) is 0.396. The van der Waals surface area contributed by atoms with Gasteiger partial charge in [0.25, 0.3) is 10.0 Å². The van der Waals surface area contributed by atoms with Crippen molar-refractivity contribution in [2.24, 2.45) is 0 Å². The molecule has 4 nitrogen and oxygen atoms in total. The molecule has 0 unspecified atom stereocenters. The standard InChI is InChI=1S/C12H13ClN2O2S2/c1-2-9-4-6-12(18-9)19(16,17)15-8-3-5-10(13)11(14)7-8/h3-7,15H,2,14H2,1H3. The number of sulfonamides is 1. The molecule has 0 amide bonds. The van der Waals surface area contributed by atoms with Crippen molar-refractivity contribution in [1.29, 1.82) is 0 Å². The minimum atomic E-state index is -3.56. The summed E-state index contributed by atoms with van der Waals surface area (Å²) in [6.45, 7) is 1.98. The van der Waals surface area contributed by atoms with Gasteiger partial charge in [-0.05, 0) is 36.8 Å². The predicted molar refractivity (Wildman–Crippen MR) is 80.4 cm³/mol. The maximum Gasteiger partial charge on any atom is 0.271 e. The molecule has 2 aromatic rings. The van der Waals surface area contributed by atoms with Crippen LogP contribution in [0, 0.1) is 0 Å². The Labute approximate surface area is 121 Å². The van der Waals surface area contributed by atoms with E-state index in [0.29, 0.717) is 16.4 Å².